The molecule has 89 valence electrons. The summed E-state index contributed by atoms with van der Waals surface area (Å²) in [7, 11) is 0. The molecule has 16 heavy (non-hydrogen) atoms. The lowest BCUT2D eigenvalue weighted by molar-refractivity contribution is -0.137. The Kier molecular flexibility index (Phi) is 4.06. The van der Waals surface area contributed by atoms with Crippen LogP contribution in [0.25, 0.3) is 0 Å². The molecule has 0 saturated heterocycles. The van der Waals surface area contributed by atoms with E-state index in [2.05, 4.69) is 19.9 Å². The Morgan fingerprint density at radius 3 is 2.25 bits per heavy atom. The Labute approximate surface area is 98.1 Å². The lowest BCUT2D eigenvalue weighted by Gasteiger charge is -2.30. The molecule has 0 N–H and O–H groups in total. The number of Topliss-reactive ketones (excluding diaryl/α,β-unsaturated/α-hetero) is 2. The highest BCUT2D eigenvalue weighted by Crippen LogP contribution is 2.34. The Morgan fingerprint density at radius 2 is 1.81 bits per heavy atom. The van der Waals surface area contributed by atoms with Crippen molar-refractivity contribution in [3.8, 4) is 0 Å². The van der Waals surface area contributed by atoms with E-state index < -0.39 is 5.92 Å². The van der Waals surface area contributed by atoms with Gasteiger partial charge in [-0.3, -0.25) is 9.59 Å². The standard InChI is InChI=1S/C14H21O2/c1-10(2)6-5-7-11-12(15)8-14(3,4)9-13(11)16/h7,10-11H,6,8-9H2,1-4H3. The van der Waals surface area contributed by atoms with Gasteiger partial charge in [0.05, 0.1) is 5.92 Å². The molecule has 0 amide bonds. The summed E-state index contributed by atoms with van der Waals surface area (Å²) in [6.45, 7) is 8.13. The average molecular weight is 221 g/mol. The third-order valence-corrected chi connectivity index (χ3v) is 2.81. The molecule has 1 radical (unpaired) electrons. The molecule has 2 nitrogen and oxygen atoms in total. The summed E-state index contributed by atoms with van der Waals surface area (Å²) < 4.78 is 0. The molecule has 0 unspecified atom stereocenters. The third-order valence-electron chi connectivity index (χ3n) is 2.81. The van der Waals surface area contributed by atoms with Gasteiger partial charge in [-0.2, -0.15) is 0 Å². The lowest BCUT2D eigenvalue weighted by Crippen LogP contribution is -2.36. The molecule has 1 rings (SSSR count). The minimum Gasteiger partial charge on any atom is -0.299 e. The van der Waals surface area contributed by atoms with Crippen molar-refractivity contribution in [3.05, 3.63) is 12.2 Å². The highest BCUT2D eigenvalue weighted by atomic mass is 16.2. The van der Waals surface area contributed by atoms with Gasteiger partial charge in [0, 0.05) is 12.8 Å². The molecule has 0 bridgehead atoms. The normalized spacial score (nSPS) is 22.3. The van der Waals surface area contributed by atoms with Crippen molar-refractivity contribution in [1.29, 1.82) is 0 Å². The van der Waals surface area contributed by atoms with E-state index in [9.17, 15) is 9.59 Å². The number of carbonyl (C=O) groups is 2. The Balaban J connectivity index is 2.65. The average Bonchev–Trinajstić information content (AvgIpc) is 2.07. The molecular weight excluding hydrogens is 200 g/mol. The van der Waals surface area contributed by atoms with Gasteiger partial charge in [-0.05, 0) is 23.8 Å². The zero-order valence-corrected chi connectivity index (χ0v) is 10.7. The SMILES string of the molecule is CC(C)C[C]=CC1C(=O)CC(C)(C)CC1=O. The van der Waals surface area contributed by atoms with Gasteiger partial charge in [-0.1, -0.05) is 33.8 Å². The van der Waals surface area contributed by atoms with Crippen LogP contribution in [0.5, 0.6) is 0 Å². The first kappa shape index (κ1) is 13.1. The summed E-state index contributed by atoms with van der Waals surface area (Å²) in [5, 5.41) is 0. The molecule has 1 saturated carbocycles. The number of rotatable bonds is 3. The fourth-order valence-electron chi connectivity index (χ4n) is 2.01. The first-order chi connectivity index (χ1) is 7.32. The molecule has 0 heterocycles. The maximum Gasteiger partial charge on any atom is 0.147 e. The van der Waals surface area contributed by atoms with Gasteiger partial charge in [-0.15, -0.1) is 0 Å². The fourth-order valence-corrected chi connectivity index (χ4v) is 2.01. The second-order valence-corrected chi connectivity index (χ2v) is 5.90. The van der Waals surface area contributed by atoms with Crippen LogP contribution in [0.1, 0.15) is 47.0 Å². The molecule has 0 aromatic carbocycles. The van der Waals surface area contributed by atoms with E-state index in [1.54, 1.807) is 6.08 Å². The van der Waals surface area contributed by atoms with E-state index >= 15 is 0 Å². The molecule has 1 aliphatic carbocycles. The Morgan fingerprint density at radius 1 is 1.31 bits per heavy atom. The van der Waals surface area contributed by atoms with Crippen LogP contribution in [0.4, 0.5) is 0 Å². The fraction of sp³-hybridized carbons (Fsp3) is 0.714. The van der Waals surface area contributed by atoms with Gasteiger partial charge in [0.25, 0.3) is 0 Å². The number of hydrogen-bond donors (Lipinski definition) is 0. The van der Waals surface area contributed by atoms with Gasteiger partial charge in [-0.25, -0.2) is 0 Å². The lowest BCUT2D eigenvalue weighted by atomic mass is 9.71. The van der Waals surface area contributed by atoms with E-state index in [0.29, 0.717) is 18.8 Å². The van der Waals surface area contributed by atoms with Crippen molar-refractivity contribution in [2.75, 3.05) is 0 Å². The molecule has 0 aromatic rings. The maximum absolute atomic E-state index is 11.8. The predicted molar refractivity (Wildman–Crippen MR) is 63.8 cm³/mol. The van der Waals surface area contributed by atoms with E-state index in [1.807, 2.05) is 13.8 Å². The summed E-state index contributed by atoms with van der Waals surface area (Å²) in [6, 6.07) is 0. The Bertz CT molecular complexity index is 291. The van der Waals surface area contributed by atoms with E-state index in [1.165, 1.54) is 0 Å². The smallest absolute Gasteiger partial charge is 0.147 e. The van der Waals surface area contributed by atoms with Gasteiger partial charge >= 0.3 is 0 Å². The van der Waals surface area contributed by atoms with E-state index in [4.69, 9.17) is 0 Å². The Hall–Kier alpha value is -0.920. The summed E-state index contributed by atoms with van der Waals surface area (Å²) in [5.41, 5.74) is -0.156. The van der Waals surface area contributed by atoms with Gasteiger partial charge < -0.3 is 0 Å². The first-order valence-electron chi connectivity index (χ1n) is 5.94. The molecule has 1 aliphatic rings. The largest absolute Gasteiger partial charge is 0.299 e. The second kappa shape index (κ2) is 4.94. The van der Waals surface area contributed by atoms with Crippen LogP contribution in [0.15, 0.2) is 6.08 Å². The summed E-state index contributed by atoms with van der Waals surface area (Å²) in [5.74, 6) is 0.100. The first-order valence-corrected chi connectivity index (χ1v) is 5.94. The molecule has 0 spiro atoms. The third kappa shape index (κ3) is 3.58. The zero-order valence-electron chi connectivity index (χ0n) is 10.7. The summed E-state index contributed by atoms with van der Waals surface area (Å²) in [4.78, 5) is 23.6. The molecule has 0 atom stereocenters. The van der Waals surface area contributed by atoms with Gasteiger partial charge in [0.1, 0.15) is 11.6 Å². The quantitative estimate of drug-likeness (QED) is 0.687. The molecule has 2 heteroatoms. The highest BCUT2D eigenvalue weighted by molar-refractivity contribution is 6.06. The highest BCUT2D eigenvalue weighted by Gasteiger charge is 2.37. The van der Waals surface area contributed by atoms with Crippen molar-refractivity contribution in [1.82, 2.24) is 0 Å². The number of carbonyl (C=O) groups excluding carboxylic acids is 2. The van der Waals surface area contributed by atoms with Crippen molar-refractivity contribution >= 4 is 11.6 Å². The summed E-state index contributed by atoms with van der Waals surface area (Å²) in [6.07, 6.45) is 6.57. The van der Waals surface area contributed by atoms with Crippen molar-refractivity contribution in [2.45, 2.75) is 47.0 Å². The van der Waals surface area contributed by atoms with Crippen LogP contribution in [0, 0.1) is 23.3 Å². The van der Waals surface area contributed by atoms with Crippen LogP contribution in [0.2, 0.25) is 0 Å². The second-order valence-electron chi connectivity index (χ2n) is 5.90. The van der Waals surface area contributed by atoms with Crippen molar-refractivity contribution in [3.63, 3.8) is 0 Å². The predicted octanol–water partition coefficient (Wildman–Crippen LogP) is 2.97. The number of hydrogen-bond acceptors (Lipinski definition) is 2. The van der Waals surface area contributed by atoms with Crippen LogP contribution in [-0.2, 0) is 9.59 Å². The zero-order chi connectivity index (χ0) is 12.3. The van der Waals surface area contributed by atoms with Crippen LogP contribution >= 0.6 is 0 Å². The van der Waals surface area contributed by atoms with Crippen LogP contribution in [-0.4, -0.2) is 11.6 Å². The number of allylic oxidation sites excluding steroid dienone is 2. The maximum atomic E-state index is 11.8. The topological polar surface area (TPSA) is 34.1 Å². The molecular formula is C14H21O2. The van der Waals surface area contributed by atoms with Gasteiger partial charge in [0.15, 0.2) is 0 Å². The minimum atomic E-state index is -0.522. The van der Waals surface area contributed by atoms with Crippen molar-refractivity contribution < 1.29 is 9.59 Å². The minimum absolute atomic E-state index is 0.0532. The van der Waals surface area contributed by atoms with Crippen molar-refractivity contribution in [2.24, 2.45) is 17.3 Å². The molecule has 0 aromatic heterocycles. The van der Waals surface area contributed by atoms with E-state index in [0.717, 1.165) is 6.42 Å². The monoisotopic (exact) mass is 221 g/mol. The van der Waals surface area contributed by atoms with Crippen LogP contribution in [0.3, 0.4) is 0 Å². The molecule has 0 aliphatic heterocycles. The van der Waals surface area contributed by atoms with Crippen LogP contribution < -0.4 is 0 Å². The molecule has 1 fully saturated rings. The van der Waals surface area contributed by atoms with Gasteiger partial charge in [0.2, 0.25) is 0 Å². The van der Waals surface area contributed by atoms with E-state index in [-0.39, 0.29) is 17.0 Å². The number of ketones is 2. The summed E-state index contributed by atoms with van der Waals surface area (Å²) >= 11 is 0.